The average Bonchev–Trinajstić information content (AvgIpc) is 2.49. The Labute approximate surface area is 154 Å². The molecule has 0 aliphatic carbocycles. The van der Waals surface area contributed by atoms with Crippen LogP contribution in [0.25, 0.3) is 0 Å². The number of hydrogen-bond acceptors (Lipinski definition) is 4. The maximum absolute atomic E-state index is 12.5. The number of esters is 1. The molecule has 2 aromatic rings. The fraction of sp³-hybridized carbons (Fsp3) is 0.0625. The van der Waals surface area contributed by atoms with Gasteiger partial charge in [0.2, 0.25) is 0 Å². The van der Waals surface area contributed by atoms with E-state index in [9.17, 15) is 14.4 Å². The molecule has 124 valence electrons. The predicted octanol–water partition coefficient (Wildman–Crippen LogP) is 4.09. The molecule has 2 rings (SSSR count). The number of carboxylic acid groups (broad SMARTS) is 1. The van der Waals surface area contributed by atoms with Crippen molar-refractivity contribution in [3.63, 3.8) is 0 Å². The van der Waals surface area contributed by atoms with Crippen LogP contribution in [0.4, 0.5) is 5.69 Å². The number of carbonyl (C=O) groups excluding carboxylic acids is 2. The van der Waals surface area contributed by atoms with E-state index >= 15 is 0 Å². The van der Waals surface area contributed by atoms with Crippen molar-refractivity contribution in [2.45, 2.75) is 6.92 Å². The molecule has 0 heterocycles. The van der Waals surface area contributed by atoms with Gasteiger partial charge in [0.1, 0.15) is 0 Å². The van der Waals surface area contributed by atoms with Gasteiger partial charge in [-0.05, 0) is 52.3 Å². The Bertz CT molecular complexity index is 818. The van der Waals surface area contributed by atoms with Gasteiger partial charge in [-0.1, -0.05) is 15.9 Å². The summed E-state index contributed by atoms with van der Waals surface area (Å²) in [5, 5.41) is 11.5. The van der Waals surface area contributed by atoms with Crippen molar-refractivity contribution in [1.29, 1.82) is 0 Å². The minimum Gasteiger partial charge on any atom is -0.478 e. The van der Waals surface area contributed by atoms with Crippen LogP contribution in [0.1, 0.15) is 27.6 Å². The summed E-state index contributed by atoms with van der Waals surface area (Å²) in [7, 11) is 0. The third kappa shape index (κ3) is 4.42. The maximum Gasteiger partial charge on any atom is 0.335 e. The van der Waals surface area contributed by atoms with Gasteiger partial charge < -0.3 is 15.2 Å². The Kier molecular flexibility index (Phi) is 5.74. The molecule has 2 aromatic carbocycles. The standard InChI is InChI=1S/C16H11Br2NO5/c1-8(20)24-14-12(6-10(17)7-13(14)18)15(21)19-11-4-2-9(3-5-11)16(22)23/h2-7H,1H3,(H,19,21)(H,22,23). The predicted molar refractivity (Wildman–Crippen MR) is 94.5 cm³/mol. The zero-order valence-electron chi connectivity index (χ0n) is 12.3. The molecule has 0 bridgehead atoms. The number of rotatable bonds is 4. The van der Waals surface area contributed by atoms with E-state index in [2.05, 4.69) is 37.2 Å². The van der Waals surface area contributed by atoms with Gasteiger partial charge in [-0.25, -0.2) is 4.79 Å². The number of halogens is 2. The first-order chi connectivity index (χ1) is 11.3. The average molecular weight is 457 g/mol. The zero-order valence-corrected chi connectivity index (χ0v) is 15.5. The molecule has 1 amide bonds. The summed E-state index contributed by atoms with van der Waals surface area (Å²) in [6, 6.07) is 8.87. The maximum atomic E-state index is 12.5. The monoisotopic (exact) mass is 455 g/mol. The largest absolute Gasteiger partial charge is 0.478 e. The molecule has 0 unspecified atom stereocenters. The first-order valence-corrected chi connectivity index (χ1v) is 8.18. The highest BCUT2D eigenvalue weighted by Gasteiger charge is 2.19. The van der Waals surface area contributed by atoms with Gasteiger partial charge in [-0.2, -0.15) is 0 Å². The van der Waals surface area contributed by atoms with Crippen molar-refractivity contribution in [2.24, 2.45) is 0 Å². The fourth-order valence-corrected chi connectivity index (χ4v) is 3.18. The van der Waals surface area contributed by atoms with E-state index in [1.54, 1.807) is 6.07 Å². The van der Waals surface area contributed by atoms with Crippen molar-refractivity contribution in [1.82, 2.24) is 0 Å². The van der Waals surface area contributed by atoms with E-state index in [1.807, 2.05) is 0 Å². The van der Waals surface area contributed by atoms with Crippen LogP contribution in [-0.2, 0) is 4.79 Å². The molecular weight excluding hydrogens is 446 g/mol. The van der Waals surface area contributed by atoms with Gasteiger partial charge >= 0.3 is 11.9 Å². The van der Waals surface area contributed by atoms with Crippen LogP contribution < -0.4 is 10.1 Å². The van der Waals surface area contributed by atoms with Gasteiger partial charge in [0.25, 0.3) is 5.91 Å². The molecule has 0 aliphatic heterocycles. The number of aromatic carboxylic acids is 1. The normalized spacial score (nSPS) is 10.1. The Morgan fingerprint density at radius 2 is 1.71 bits per heavy atom. The molecule has 0 aromatic heterocycles. The lowest BCUT2D eigenvalue weighted by molar-refractivity contribution is -0.131. The van der Waals surface area contributed by atoms with E-state index in [4.69, 9.17) is 9.84 Å². The molecule has 24 heavy (non-hydrogen) atoms. The van der Waals surface area contributed by atoms with Crippen LogP contribution in [-0.4, -0.2) is 23.0 Å². The molecule has 0 aliphatic rings. The highest BCUT2D eigenvalue weighted by atomic mass is 79.9. The highest BCUT2D eigenvalue weighted by Crippen LogP contribution is 2.33. The highest BCUT2D eigenvalue weighted by molar-refractivity contribution is 9.11. The van der Waals surface area contributed by atoms with E-state index in [1.165, 1.54) is 37.3 Å². The second kappa shape index (κ2) is 7.59. The smallest absolute Gasteiger partial charge is 0.335 e. The minimum atomic E-state index is -1.05. The number of hydrogen-bond donors (Lipinski definition) is 2. The van der Waals surface area contributed by atoms with Gasteiger partial charge in [-0.15, -0.1) is 0 Å². The Morgan fingerprint density at radius 1 is 1.08 bits per heavy atom. The SMILES string of the molecule is CC(=O)Oc1c(Br)cc(Br)cc1C(=O)Nc1ccc(C(=O)O)cc1. The molecule has 0 saturated carbocycles. The van der Waals surface area contributed by atoms with E-state index < -0.39 is 17.8 Å². The van der Waals surface area contributed by atoms with Crippen LogP contribution in [0.5, 0.6) is 5.75 Å². The second-order valence-electron chi connectivity index (χ2n) is 4.69. The summed E-state index contributed by atoms with van der Waals surface area (Å²) in [5.74, 6) is -2.01. The van der Waals surface area contributed by atoms with Crippen molar-refractivity contribution in [2.75, 3.05) is 5.32 Å². The van der Waals surface area contributed by atoms with Crippen LogP contribution in [0.2, 0.25) is 0 Å². The van der Waals surface area contributed by atoms with Gasteiger partial charge in [-0.3, -0.25) is 9.59 Å². The molecule has 6 nitrogen and oxygen atoms in total. The summed E-state index contributed by atoms with van der Waals surface area (Å²) in [4.78, 5) is 34.6. The Hall–Kier alpha value is -2.19. The van der Waals surface area contributed by atoms with Crippen LogP contribution in [0, 0.1) is 0 Å². The molecule has 0 saturated heterocycles. The van der Waals surface area contributed by atoms with Gasteiger partial charge in [0, 0.05) is 17.1 Å². The summed E-state index contributed by atoms with van der Waals surface area (Å²) in [6.45, 7) is 1.24. The Balaban J connectivity index is 2.31. The van der Waals surface area contributed by atoms with Crippen LogP contribution in [0.15, 0.2) is 45.3 Å². The zero-order chi connectivity index (χ0) is 17.9. The van der Waals surface area contributed by atoms with Crippen molar-refractivity contribution in [3.8, 4) is 5.75 Å². The van der Waals surface area contributed by atoms with Crippen LogP contribution >= 0.6 is 31.9 Å². The number of anilines is 1. The first kappa shape index (κ1) is 18.2. The number of carboxylic acids is 1. The topological polar surface area (TPSA) is 92.7 Å². The molecule has 0 spiro atoms. The third-order valence-electron chi connectivity index (χ3n) is 2.89. The Morgan fingerprint density at radius 3 is 2.25 bits per heavy atom. The van der Waals surface area contributed by atoms with Gasteiger partial charge in [0.15, 0.2) is 5.75 Å². The molecular formula is C16H11Br2NO5. The van der Waals surface area contributed by atoms with E-state index in [0.29, 0.717) is 14.6 Å². The molecule has 0 fully saturated rings. The van der Waals surface area contributed by atoms with Crippen molar-refractivity contribution in [3.05, 3.63) is 56.5 Å². The molecule has 8 heteroatoms. The first-order valence-electron chi connectivity index (χ1n) is 6.60. The lowest BCUT2D eigenvalue weighted by Crippen LogP contribution is -2.15. The van der Waals surface area contributed by atoms with Crippen LogP contribution in [0.3, 0.4) is 0 Å². The molecule has 2 N–H and O–H groups in total. The number of amides is 1. The number of benzene rings is 2. The fourth-order valence-electron chi connectivity index (χ4n) is 1.87. The third-order valence-corrected chi connectivity index (χ3v) is 3.94. The molecule has 0 radical (unpaired) electrons. The number of ether oxygens (including phenoxy) is 1. The summed E-state index contributed by atoms with van der Waals surface area (Å²) in [5.41, 5.74) is 0.669. The molecule has 0 atom stereocenters. The van der Waals surface area contributed by atoms with E-state index in [-0.39, 0.29) is 16.9 Å². The lowest BCUT2D eigenvalue weighted by atomic mass is 10.1. The summed E-state index contributed by atoms with van der Waals surface area (Å²) < 4.78 is 6.16. The summed E-state index contributed by atoms with van der Waals surface area (Å²) >= 11 is 6.53. The minimum absolute atomic E-state index is 0.102. The lowest BCUT2D eigenvalue weighted by Gasteiger charge is -2.12. The van der Waals surface area contributed by atoms with Gasteiger partial charge in [0.05, 0.1) is 15.6 Å². The second-order valence-corrected chi connectivity index (χ2v) is 6.46. The number of nitrogens with one attached hydrogen (secondary N) is 1. The van der Waals surface area contributed by atoms with Crippen molar-refractivity contribution < 1.29 is 24.2 Å². The quantitative estimate of drug-likeness (QED) is 0.534. The van der Waals surface area contributed by atoms with E-state index in [0.717, 1.165) is 0 Å². The van der Waals surface area contributed by atoms with Crippen molar-refractivity contribution >= 4 is 55.4 Å². The number of carbonyl (C=O) groups is 3. The summed E-state index contributed by atoms with van der Waals surface area (Å²) in [6.07, 6.45) is 0.